The van der Waals surface area contributed by atoms with Crippen LogP contribution in [0.25, 0.3) is 0 Å². The van der Waals surface area contributed by atoms with Crippen molar-refractivity contribution in [2.24, 2.45) is 0 Å². The second-order valence-corrected chi connectivity index (χ2v) is 7.38. The number of halogens is 3. The van der Waals surface area contributed by atoms with E-state index in [2.05, 4.69) is 15.9 Å². The Kier molecular flexibility index (Phi) is 4.03. The Morgan fingerprint density at radius 1 is 1.33 bits per heavy atom. The molecule has 0 aromatic heterocycles. The summed E-state index contributed by atoms with van der Waals surface area (Å²) in [5.74, 6) is -1.68. The predicted octanol–water partition coefficient (Wildman–Crippen LogP) is 2.51. The summed E-state index contributed by atoms with van der Waals surface area (Å²) >= 11 is 3.35. The second kappa shape index (κ2) is 5.22. The van der Waals surface area contributed by atoms with Crippen LogP contribution in [-0.4, -0.2) is 30.6 Å². The summed E-state index contributed by atoms with van der Waals surface area (Å²) in [5, 5.41) is 0. The lowest BCUT2D eigenvalue weighted by atomic mass is 10.2. The van der Waals surface area contributed by atoms with Crippen LogP contribution in [0.4, 0.5) is 8.78 Å². The third kappa shape index (κ3) is 2.73. The Morgan fingerprint density at radius 2 is 2.06 bits per heavy atom. The Morgan fingerprint density at radius 3 is 2.72 bits per heavy atom. The van der Waals surface area contributed by atoms with E-state index in [9.17, 15) is 17.2 Å². The largest absolute Gasteiger partial charge is 0.246 e. The molecule has 1 atom stereocenters. The van der Waals surface area contributed by atoms with Gasteiger partial charge in [-0.2, -0.15) is 4.31 Å². The van der Waals surface area contributed by atoms with E-state index in [1.807, 2.05) is 0 Å². The molecule has 1 aliphatic heterocycles. The highest BCUT2D eigenvalue weighted by atomic mass is 79.9. The molecule has 100 valence electrons. The van der Waals surface area contributed by atoms with Crippen LogP contribution in [0.3, 0.4) is 0 Å². The van der Waals surface area contributed by atoms with E-state index < -0.39 is 26.6 Å². The van der Waals surface area contributed by atoms with E-state index in [-0.39, 0.29) is 11.4 Å². The van der Waals surface area contributed by atoms with Gasteiger partial charge in [-0.3, -0.25) is 0 Å². The summed E-state index contributed by atoms with van der Waals surface area (Å²) in [4.78, 5) is -0.540. The molecule has 2 rings (SSSR count). The number of hydrogen-bond donors (Lipinski definition) is 0. The topological polar surface area (TPSA) is 37.4 Å². The quantitative estimate of drug-likeness (QED) is 0.776. The molecule has 0 aliphatic carbocycles. The molecule has 1 unspecified atom stereocenters. The lowest BCUT2D eigenvalue weighted by Crippen LogP contribution is -2.40. The van der Waals surface area contributed by atoms with Crippen molar-refractivity contribution in [1.29, 1.82) is 0 Å². The molecular formula is C11H12BrF2NO2S. The molecule has 0 bridgehead atoms. The summed E-state index contributed by atoms with van der Waals surface area (Å²) in [7, 11) is -3.96. The van der Waals surface area contributed by atoms with Crippen LogP contribution in [0, 0.1) is 11.6 Å². The van der Waals surface area contributed by atoms with Crippen molar-refractivity contribution in [3.63, 3.8) is 0 Å². The van der Waals surface area contributed by atoms with E-state index in [0.717, 1.165) is 24.6 Å². The first kappa shape index (κ1) is 13.9. The zero-order chi connectivity index (χ0) is 13.3. The summed E-state index contributed by atoms with van der Waals surface area (Å²) in [6.07, 6.45) is 1.57. The van der Waals surface area contributed by atoms with Crippen LogP contribution in [0.15, 0.2) is 23.1 Å². The van der Waals surface area contributed by atoms with Crippen molar-refractivity contribution in [3.8, 4) is 0 Å². The molecule has 18 heavy (non-hydrogen) atoms. The first-order chi connectivity index (χ1) is 8.41. The minimum absolute atomic E-state index is 0.0534. The van der Waals surface area contributed by atoms with Crippen LogP contribution in [0.5, 0.6) is 0 Å². The van der Waals surface area contributed by atoms with Gasteiger partial charge < -0.3 is 0 Å². The number of sulfonamides is 1. The van der Waals surface area contributed by atoms with Crippen molar-refractivity contribution in [2.75, 3.05) is 13.1 Å². The zero-order valence-corrected chi connectivity index (χ0v) is 11.8. The summed E-state index contributed by atoms with van der Waals surface area (Å²) in [5.41, 5.74) is 0. The highest BCUT2D eigenvalue weighted by molar-refractivity contribution is 9.09. The molecule has 1 heterocycles. The fourth-order valence-electron chi connectivity index (χ4n) is 1.92. The van der Waals surface area contributed by atoms with Gasteiger partial charge in [-0.1, -0.05) is 15.9 Å². The molecule has 0 radical (unpaired) electrons. The number of benzene rings is 1. The third-order valence-corrected chi connectivity index (χ3v) is 5.47. The van der Waals surface area contributed by atoms with Crippen LogP contribution in [-0.2, 0) is 10.0 Å². The fraction of sp³-hybridized carbons (Fsp3) is 0.455. The van der Waals surface area contributed by atoms with Gasteiger partial charge in [-0.15, -0.1) is 0 Å². The van der Waals surface area contributed by atoms with E-state index in [0.29, 0.717) is 13.0 Å². The Labute approximate surface area is 113 Å². The van der Waals surface area contributed by atoms with Gasteiger partial charge >= 0.3 is 0 Å². The van der Waals surface area contributed by atoms with E-state index in [4.69, 9.17) is 0 Å². The van der Waals surface area contributed by atoms with Gasteiger partial charge in [0.25, 0.3) is 0 Å². The molecule has 0 N–H and O–H groups in total. The van der Waals surface area contributed by atoms with Gasteiger partial charge in [-0.05, 0) is 31.0 Å². The molecule has 1 saturated heterocycles. The minimum atomic E-state index is -3.96. The SMILES string of the molecule is O=S(=O)(c1cc(F)ccc1F)N1CCCC(Br)C1. The van der Waals surface area contributed by atoms with Gasteiger partial charge in [-0.25, -0.2) is 17.2 Å². The average Bonchev–Trinajstić information content (AvgIpc) is 2.32. The molecule has 0 amide bonds. The second-order valence-electron chi connectivity index (χ2n) is 4.18. The van der Waals surface area contributed by atoms with Crippen LogP contribution >= 0.6 is 15.9 Å². The lowest BCUT2D eigenvalue weighted by molar-refractivity contribution is 0.354. The van der Waals surface area contributed by atoms with Gasteiger partial charge in [0, 0.05) is 17.9 Å². The average molecular weight is 340 g/mol. The highest BCUT2D eigenvalue weighted by Gasteiger charge is 2.31. The summed E-state index contributed by atoms with van der Waals surface area (Å²) in [6.45, 7) is 0.610. The predicted molar refractivity (Wildman–Crippen MR) is 67.1 cm³/mol. The van der Waals surface area contributed by atoms with Gasteiger partial charge in [0.15, 0.2) is 0 Å². The summed E-state index contributed by atoms with van der Waals surface area (Å²) < 4.78 is 52.2. The number of alkyl halides is 1. The molecule has 1 aromatic rings. The Balaban J connectivity index is 2.38. The highest BCUT2D eigenvalue weighted by Crippen LogP contribution is 2.25. The van der Waals surface area contributed by atoms with Crippen molar-refractivity contribution in [1.82, 2.24) is 4.31 Å². The molecular weight excluding hydrogens is 328 g/mol. The van der Waals surface area contributed by atoms with E-state index in [1.165, 1.54) is 4.31 Å². The first-order valence-electron chi connectivity index (χ1n) is 5.50. The molecule has 1 aromatic carbocycles. The lowest BCUT2D eigenvalue weighted by Gasteiger charge is -2.29. The van der Waals surface area contributed by atoms with Crippen molar-refractivity contribution >= 4 is 26.0 Å². The van der Waals surface area contributed by atoms with Crippen molar-refractivity contribution in [3.05, 3.63) is 29.8 Å². The molecule has 7 heteroatoms. The smallest absolute Gasteiger partial charge is 0.207 e. The maximum atomic E-state index is 13.5. The number of piperidine rings is 1. The molecule has 1 aliphatic rings. The van der Waals surface area contributed by atoms with Crippen molar-refractivity contribution in [2.45, 2.75) is 22.6 Å². The normalized spacial score (nSPS) is 22.1. The first-order valence-corrected chi connectivity index (χ1v) is 7.86. The van der Waals surface area contributed by atoms with Gasteiger partial charge in [0.05, 0.1) is 0 Å². The number of hydrogen-bond acceptors (Lipinski definition) is 2. The van der Waals surface area contributed by atoms with Gasteiger partial charge in [0.1, 0.15) is 16.5 Å². The minimum Gasteiger partial charge on any atom is -0.207 e. The van der Waals surface area contributed by atoms with E-state index in [1.54, 1.807) is 0 Å². The monoisotopic (exact) mass is 339 g/mol. The Bertz CT molecular complexity index is 550. The number of nitrogens with zero attached hydrogens (tertiary/aromatic N) is 1. The standard InChI is InChI=1S/C11H12BrF2NO2S/c12-8-2-1-5-15(7-8)18(16,17)11-6-9(13)3-4-10(11)14/h3-4,6,8H,1-2,5,7H2. The zero-order valence-electron chi connectivity index (χ0n) is 9.44. The maximum Gasteiger partial charge on any atom is 0.246 e. The molecule has 1 fully saturated rings. The fourth-order valence-corrected chi connectivity index (χ4v) is 4.39. The summed E-state index contributed by atoms with van der Waals surface area (Å²) in [6, 6.07) is 2.46. The Hall–Kier alpha value is -0.530. The molecule has 0 spiro atoms. The van der Waals surface area contributed by atoms with Crippen LogP contribution < -0.4 is 0 Å². The van der Waals surface area contributed by atoms with Crippen LogP contribution in [0.1, 0.15) is 12.8 Å². The van der Waals surface area contributed by atoms with Crippen LogP contribution in [0.2, 0.25) is 0 Å². The van der Waals surface area contributed by atoms with Gasteiger partial charge in [0.2, 0.25) is 10.0 Å². The number of rotatable bonds is 2. The molecule has 3 nitrogen and oxygen atoms in total. The third-order valence-electron chi connectivity index (χ3n) is 2.84. The molecule has 0 saturated carbocycles. The van der Waals surface area contributed by atoms with Crippen molar-refractivity contribution < 1.29 is 17.2 Å². The van der Waals surface area contributed by atoms with E-state index >= 15 is 0 Å². The maximum absolute atomic E-state index is 13.5.